The third-order valence-corrected chi connectivity index (χ3v) is 4.15. The molecule has 2 heteroatoms. The summed E-state index contributed by atoms with van der Waals surface area (Å²) >= 11 is 0. The van der Waals surface area contributed by atoms with E-state index in [2.05, 4.69) is 17.3 Å². The fraction of sp³-hybridized carbons (Fsp3) is 0.833. The zero-order valence-electron chi connectivity index (χ0n) is 9.05. The lowest BCUT2D eigenvalue weighted by Crippen LogP contribution is -2.33. The molecule has 2 unspecified atom stereocenters. The van der Waals surface area contributed by atoms with Crippen molar-refractivity contribution in [3.05, 3.63) is 11.3 Å². The molecule has 0 radical (unpaired) electrons. The minimum Gasteiger partial charge on any atom is -0.384 e. The molecule has 0 spiro atoms. The van der Waals surface area contributed by atoms with Gasteiger partial charge in [0.1, 0.15) is 0 Å². The summed E-state index contributed by atoms with van der Waals surface area (Å²) < 4.78 is 0. The Bertz CT molecular complexity index is 269. The van der Waals surface area contributed by atoms with Crippen molar-refractivity contribution in [2.45, 2.75) is 38.1 Å². The summed E-state index contributed by atoms with van der Waals surface area (Å²) in [7, 11) is 2.23. The number of hydrogen-bond donors (Lipinski definition) is 1. The first-order valence-electron chi connectivity index (χ1n) is 6.01. The molecule has 0 aromatic heterocycles. The highest BCUT2D eigenvalue weighted by Gasteiger charge is 2.37. The number of fused-ring (bicyclic) bond motifs is 2. The summed E-state index contributed by atoms with van der Waals surface area (Å²) in [5.41, 5.74) is 3.36. The number of hydrogen-bond acceptors (Lipinski definition) is 2. The molecule has 1 N–H and O–H groups in total. The van der Waals surface area contributed by atoms with Crippen LogP contribution in [0.5, 0.6) is 0 Å². The summed E-state index contributed by atoms with van der Waals surface area (Å²) in [6, 6.07) is 0.806. The Kier molecular flexibility index (Phi) is 2.05. The van der Waals surface area contributed by atoms with E-state index in [-0.39, 0.29) is 0 Å². The van der Waals surface area contributed by atoms with E-state index in [0.717, 1.165) is 12.0 Å². The molecule has 0 amide bonds. The van der Waals surface area contributed by atoms with Gasteiger partial charge in [-0.25, -0.2) is 0 Å². The van der Waals surface area contributed by atoms with Gasteiger partial charge in [-0.3, -0.25) is 0 Å². The minimum absolute atomic E-state index is 0.806. The molecule has 0 aromatic carbocycles. The van der Waals surface area contributed by atoms with Crippen LogP contribution in [0.15, 0.2) is 11.3 Å². The number of nitrogens with one attached hydrogen (secondary N) is 1. The molecular weight excluding hydrogens is 172 g/mol. The van der Waals surface area contributed by atoms with E-state index in [0.29, 0.717) is 0 Å². The van der Waals surface area contributed by atoms with Gasteiger partial charge in [-0.05, 0) is 31.9 Å². The normalized spacial score (nSPS) is 37.8. The van der Waals surface area contributed by atoms with Gasteiger partial charge in [0.25, 0.3) is 0 Å². The van der Waals surface area contributed by atoms with Crippen LogP contribution in [0.1, 0.15) is 32.1 Å². The van der Waals surface area contributed by atoms with Gasteiger partial charge in [0.15, 0.2) is 0 Å². The Hall–Kier alpha value is -0.500. The van der Waals surface area contributed by atoms with Crippen molar-refractivity contribution in [1.29, 1.82) is 0 Å². The third-order valence-electron chi connectivity index (χ3n) is 4.15. The number of nitrogens with zero attached hydrogens (tertiary/aromatic N) is 1. The Labute approximate surface area is 86.4 Å². The van der Waals surface area contributed by atoms with E-state index in [4.69, 9.17) is 0 Å². The molecule has 2 nitrogen and oxygen atoms in total. The SMILES string of the molecule is CN1CCC2=C(C1)NC1CCCCC21. The van der Waals surface area contributed by atoms with Crippen molar-refractivity contribution >= 4 is 0 Å². The first-order chi connectivity index (χ1) is 6.84. The Morgan fingerprint density at radius 3 is 3.07 bits per heavy atom. The lowest BCUT2D eigenvalue weighted by atomic mass is 9.80. The molecule has 1 fully saturated rings. The zero-order valence-corrected chi connectivity index (χ0v) is 9.05. The Morgan fingerprint density at radius 2 is 2.14 bits per heavy atom. The second-order valence-corrected chi connectivity index (χ2v) is 5.13. The largest absolute Gasteiger partial charge is 0.384 e. The van der Waals surface area contributed by atoms with Gasteiger partial charge < -0.3 is 10.2 Å². The van der Waals surface area contributed by atoms with Crippen LogP contribution in [0.25, 0.3) is 0 Å². The van der Waals surface area contributed by atoms with Crippen molar-refractivity contribution in [1.82, 2.24) is 10.2 Å². The Morgan fingerprint density at radius 1 is 1.29 bits per heavy atom. The summed E-state index contributed by atoms with van der Waals surface area (Å²) in [5.74, 6) is 0.910. The molecular formula is C12H20N2. The lowest BCUT2D eigenvalue weighted by molar-refractivity contribution is 0.330. The molecule has 2 aliphatic heterocycles. The van der Waals surface area contributed by atoms with Crippen molar-refractivity contribution in [3.63, 3.8) is 0 Å². The van der Waals surface area contributed by atoms with Gasteiger partial charge in [0.2, 0.25) is 0 Å². The van der Waals surface area contributed by atoms with Gasteiger partial charge in [0, 0.05) is 30.7 Å². The minimum atomic E-state index is 0.806. The summed E-state index contributed by atoms with van der Waals surface area (Å²) in [6.45, 7) is 2.44. The fourth-order valence-corrected chi connectivity index (χ4v) is 3.40. The van der Waals surface area contributed by atoms with Crippen LogP contribution in [-0.4, -0.2) is 31.1 Å². The van der Waals surface area contributed by atoms with Crippen LogP contribution in [0.3, 0.4) is 0 Å². The third kappa shape index (κ3) is 1.28. The standard InChI is InChI=1S/C12H20N2/c1-14-7-6-10-9-4-2-3-5-11(9)13-12(10)8-14/h9,11,13H,2-8H2,1H3. The molecule has 2 heterocycles. The molecule has 1 saturated carbocycles. The first-order valence-corrected chi connectivity index (χ1v) is 6.01. The van der Waals surface area contributed by atoms with E-state index in [9.17, 15) is 0 Å². The van der Waals surface area contributed by atoms with E-state index in [1.165, 1.54) is 45.2 Å². The first kappa shape index (κ1) is 8.78. The Balaban J connectivity index is 1.83. The predicted octanol–water partition coefficient (Wildman–Crippen LogP) is 1.74. The molecule has 3 aliphatic rings. The average molecular weight is 192 g/mol. The molecule has 0 bridgehead atoms. The quantitative estimate of drug-likeness (QED) is 0.629. The van der Waals surface area contributed by atoms with Crippen LogP contribution >= 0.6 is 0 Å². The van der Waals surface area contributed by atoms with Crippen LogP contribution in [-0.2, 0) is 0 Å². The highest BCUT2D eigenvalue weighted by Crippen LogP contribution is 2.39. The monoisotopic (exact) mass is 192 g/mol. The second-order valence-electron chi connectivity index (χ2n) is 5.13. The highest BCUT2D eigenvalue weighted by molar-refractivity contribution is 5.28. The number of rotatable bonds is 0. The summed E-state index contributed by atoms with van der Waals surface area (Å²) in [4.78, 5) is 2.43. The molecule has 1 aliphatic carbocycles. The molecule has 78 valence electrons. The topological polar surface area (TPSA) is 15.3 Å². The van der Waals surface area contributed by atoms with Crippen molar-refractivity contribution < 1.29 is 0 Å². The lowest BCUT2D eigenvalue weighted by Gasteiger charge is -2.28. The zero-order chi connectivity index (χ0) is 9.54. The van der Waals surface area contributed by atoms with Crippen LogP contribution < -0.4 is 5.32 Å². The molecule has 2 atom stereocenters. The van der Waals surface area contributed by atoms with Crippen molar-refractivity contribution in [2.75, 3.05) is 20.1 Å². The van der Waals surface area contributed by atoms with Crippen LogP contribution in [0.4, 0.5) is 0 Å². The molecule has 0 saturated heterocycles. The fourth-order valence-electron chi connectivity index (χ4n) is 3.40. The molecule has 0 aromatic rings. The van der Waals surface area contributed by atoms with Gasteiger partial charge in [-0.2, -0.15) is 0 Å². The average Bonchev–Trinajstić information content (AvgIpc) is 2.54. The van der Waals surface area contributed by atoms with E-state index in [1.54, 1.807) is 11.3 Å². The van der Waals surface area contributed by atoms with E-state index < -0.39 is 0 Å². The highest BCUT2D eigenvalue weighted by atomic mass is 15.1. The second kappa shape index (κ2) is 3.27. The summed E-state index contributed by atoms with van der Waals surface area (Å²) in [6.07, 6.45) is 7.06. The van der Waals surface area contributed by atoms with Crippen LogP contribution in [0, 0.1) is 5.92 Å². The van der Waals surface area contributed by atoms with Crippen molar-refractivity contribution in [3.8, 4) is 0 Å². The van der Waals surface area contributed by atoms with Crippen LogP contribution in [0.2, 0.25) is 0 Å². The predicted molar refractivity (Wildman–Crippen MR) is 58.0 cm³/mol. The van der Waals surface area contributed by atoms with Crippen molar-refractivity contribution in [2.24, 2.45) is 5.92 Å². The smallest absolute Gasteiger partial charge is 0.0378 e. The van der Waals surface area contributed by atoms with Gasteiger partial charge >= 0.3 is 0 Å². The maximum absolute atomic E-state index is 3.76. The summed E-state index contributed by atoms with van der Waals surface area (Å²) in [5, 5.41) is 3.76. The van der Waals surface area contributed by atoms with Gasteiger partial charge in [0.05, 0.1) is 0 Å². The van der Waals surface area contributed by atoms with Gasteiger partial charge in [-0.1, -0.05) is 12.8 Å². The van der Waals surface area contributed by atoms with E-state index in [1.807, 2.05) is 0 Å². The maximum atomic E-state index is 3.76. The number of likely N-dealkylation sites (N-methyl/N-ethyl adjacent to an activating group) is 1. The molecule has 3 rings (SSSR count). The van der Waals surface area contributed by atoms with Gasteiger partial charge in [-0.15, -0.1) is 0 Å². The molecule has 14 heavy (non-hydrogen) atoms. The maximum Gasteiger partial charge on any atom is 0.0378 e. The van der Waals surface area contributed by atoms with E-state index >= 15 is 0 Å².